The van der Waals surface area contributed by atoms with Gasteiger partial charge in [0.2, 0.25) is 15.9 Å². The molecule has 5 nitrogen and oxygen atoms in total. The van der Waals surface area contributed by atoms with Gasteiger partial charge in [-0.1, -0.05) is 25.7 Å². The van der Waals surface area contributed by atoms with Gasteiger partial charge in [0.25, 0.3) is 0 Å². The predicted molar refractivity (Wildman–Crippen MR) is 57.6 cm³/mol. The van der Waals surface area contributed by atoms with Crippen LogP contribution in [0.25, 0.3) is 0 Å². The van der Waals surface area contributed by atoms with Crippen LogP contribution in [0.1, 0.15) is 38.5 Å². The third-order valence-electron chi connectivity index (χ3n) is 2.81. The molecule has 0 unspecified atom stereocenters. The smallest absolute Gasteiger partial charge is 0.238 e. The highest BCUT2D eigenvalue weighted by atomic mass is 32.2. The zero-order valence-corrected chi connectivity index (χ0v) is 9.77. The Morgan fingerprint density at radius 2 is 1.67 bits per heavy atom. The number of sulfonamides is 1. The molecule has 1 saturated carbocycles. The van der Waals surface area contributed by atoms with Gasteiger partial charge in [0.05, 0.1) is 6.26 Å². The van der Waals surface area contributed by atoms with Crippen molar-refractivity contribution in [2.24, 2.45) is 5.73 Å². The molecule has 0 heterocycles. The number of nitrogens with two attached hydrogens (primary N) is 1. The number of nitrogens with one attached hydrogen (secondary N) is 1. The lowest BCUT2D eigenvalue weighted by molar-refractivity contribution is -0.124. The van der Waals surface area contributed by atoms with E-state index in [-0.39, 0.29) is 0 Å². The van der Waals surface area contributed by atoms with E-state index < -0.39 is 21.5 Å². The summed E-state index contributed by atoms with van der Waals surface area (Å²) < 4.78 is 24.8. The molecule has 3 N–H and O–H groups in total. The van der Waals surface area contributed by atoms with Gasteiger partial charge in [-0.25, -0.2) is 8.42 Å². The number of carbonyl (C=O) groups excluding carboxylic acids is 1. The maximum atomic E-state index is 11.4. The van der Waals surface area contributed by atoms with Crippen LogP contribution < -0.4 is 10.5 Å². The number of primary amides is 1. The third-order valence-corrected chi connectivity index (χ3v) is 3.57. The van der Waals surface area contributed by atoms with Crippen molar-refractivity contribution in [1.29, 1.82) is 0 Å². The summed E-state index contributed by atoms with van der Waals surface area (Å²) in [7, 11) is -3.39. The zero-order valence-electron chi connectivity index (χ0n) is 8.95. The Hall–Kier alpha value is -0.620. The molecule has 1 aliphatic carbocycles. The number of hydrogen-bond acceptors (Lipinski definition) is 3. The average Bonchev–Trinajstić information content (AvgIpc) is 2.28. The van der Waals surface area contributed by atoms with Crippen LogP contribution >= 0.6 is 0 Å². The van der Waals surface area contributed by atoms with Crippen LogP contribution in [0.15, 0.2) is 0 Å². The SMILES string of the molecule is CS(=O)(=O)NC1(C(N)=O)CCCCCC1. The average molecular weight is 234 g/mol. The molecule has 0 saturated heterocycles. The lowest BCUT2D eigenvalue weighted by atomic mass is 9.91. The summed E-state index contributed by atoms with van der Waals surface area (Å²) in [4.78, 5) is 11.4. The van der Waals surface area contributed by atoms with E-state index in [1.54, 1.807) is 0 Å². The minimum absolute atomic E-state index is 0.509. The third kappa shape index (κ3) is 3.46. The number of carbonyl (C=O) groups is 1. The Bertz CT molecular complexity index is 329. The van der Waals surface area contributed by atoms with Gasteiger partial charge in [0, 0.05) is 0 Å². The van der Waals surface area contributed by atoms with Crippen LogP contribution in [-0.4, -0.2) is 26.1 Å². The van der Waals surface area contributed by atoms with Crippen molar-refractivity contribution in [3.8, 4) is 0 Å². The molecule has 0 aliphatic heterocycles. The Labute approximate surface area is 90.5 Å². The van der Waals surface area contributed by atoms with Crippen molar-refractivity contribution < 1.29 is 13.2 Å². The molecule has 1 fully saturated rings. The highest BCUT2D eigenvalue weighted by Crippen LogP contribution is 2.27. The molecule has 0 aromatic heterocycles. The molecule has 0 bridgehead atoms. The van der Waals surface area contributed by atoms with Crippen LogP contribution in [0.4, 0.5) is 0 Å². The highest BCUT2D eigenvalue weighted by molar-refractivity contribution is 7.88. The van der Waals surface area contributed by atoms with Crippen LogP contribution in [0, 0.1) is 0 Å². The van der Waals surface area contributed by atoms with Crippen LogP contribution in [0.5, 0.6) is 0 Å². The van der Waals surface area contributed by atoms with Crippen molar-refractivity contribution in [2.45, 2.75) is 44.1 Å². The summed E-state index contributed by atoms with van der Waals surface area (Å²) in [5.41, 5.74) is 4.26. The van der Waals surface area contributed by atoms with Crippen molar-refractivity contribution >= 4 is 15.9 Å². The molecule has 0 radical (unpaired) electrons. The quantitative estimate of drug-likeness (QED) is 0.679. The summed E-state index contributed by atoms with van der Waals surface area (Å²) in [6.07, 6.45) is 5.81. The van der Waals surface area contributed by atoms with Crippen LogP contribution in [0.2, 0.25) is 0 Å². The van der Waals surface area contributed by atoms with Crippen molar-refractivity contribution in [3.05, 3.63) is 0 Å². The van der Waals surface area contributed by atoms with Gasteiger partial charge < -0.3 is 5.73 Å². The van der Waals surface area contributed by atoms with Gasteiger partial charge in [-0.2, -0.15) is 4.72 Å². The molecule has 15 heavy (non-hydrogen) atoms. The molecule has 0 aromatic carbocycles. The first-order chi connectivity index (χ1) is 6.86. The second kappa shape index (κ2) is 4.49. The van der Waals surface area contributed by atoms with E-state index in [2.05, 4.69) is 4.72 Å². The summed E-state index contributed by atoms with van der Waals surface area (Å²) >= 11 is 0. The molecule has 88 valence electrons. The van der Waals surface area contributed by atoms with Gasteiger partial charge in [-0.05, 0) is 12.8 Å². The van der Waals surface area contributed by atoms with Gasteiger partial charge >= 0.3 is 0 Å². The molecule has 1 rings (SSSR count). The molecule has 0 spiro atoms. The number of amides is 1. The van der Waals surface area contributed by atoms with Crippen molar-refractivity contribution in [3.63, 3.8) is 0 Å². The first kappa shape index (κ1) is 12.4. The monoisotopic (exact) mass is 234 g/mol. The molecular weight excluding hydrogens is 216 g/mol. The largest absolute Gasteiger partial charge is 0.368 e. The maximum absolute atomic E-state index is 11.4. The minimum atomic E-state index is -3.39. The predicted octanol–water partition coefficient (Wildman–Crippen LogP) is 0.114. The summed E-state index contributed by atoms with van der Waals surface area (Å²) in [5, 5.41) is 0. The molecule has 1 aliphatic rings. The second-order valence-electron chi connectivity index (χ2n) is 4.23. The van der Waals surface area contributed by atoms with Crippen LogP contribution in [-0.2, 0) is 14.8 Å². The Balaban J connectivity index is 2.90. The Kier molecular flexibility index (Phi) is 3.72. The molecule has 0 atom stereocenters. The Morgan fingerprint density at radius 3 is 2.00 bits per heavy atom. The van der Waals surface area contributed by atoms with E-state index in [0.717, 1.165) is 31.9 Å². The van der Waals surface area contributed by atoms with E-state index in [9.17, 15) is 13.2 Å². The van der Waals surface area contributed by atoms with E-state index in [4.69, 9.17) is 5.73 Å². The normalized spacial score (nSPS) is 21.9. The van der Waals surface area contributed by atoms with Crippen molar-refractivity contribution in [2.75, 3.05) is 6.26 Å². The fraction of sp³-hybridized carbons (Fsp3) is 0.889. The summed E-state index contributed by atoms with van der Waals surface area (Å²) in [6, 6.07) is 0. The van der Waals surface area contributed by atoms with Gasteiger partial charge in [0.15, 0.2) is 0 Å². The number of rotatable bonds is 3. The highest BCUT2D eigenvalue weighted by Gasteiger charge is 2.39. The summed E-state index contributed by atoms with van der Waals surface area (Å²) in [6.45, 7) is 0. The Morgan fingerprint density at radius 1 is 1.20 bits per heavy atom. The number of hydrogen-bond donors (Lipinski definition) is 2. The van der Waals surface area contributed by atoms with E-state index >= 15 is 0 Å². The molecular formula is C9H18N2O3S. The first-order valence-corrected chi connectivity index (χ1v) is 7.04. The maximum Gasteiger partial charge on any atom is 0.238 e. The lowest BCUT2D eigenvalue weighted by Gasteiger charge is -2.29. The first-order valence-electron chi connectivity index (χ1n) is 5.15. The topological polar surface area (TPSA) is 89.3 Å². The molecule has 0 aromatic rings. The fourth-order valence-electron chi connectivity index (χ4n) is 2.09. The van der Waals surface area contributed by atoms with Gasteiger partial charge in [0.1, 0.15) is 5.54 Å². The van der Waals surface area contributed by atoms with Gasteiger partial charge in [-0.15, -0.1) is 0 Å². The van der Waals surface area contributed by atoms with Crippen molar-refractivity contribution in [1.82, 2.24) is 4.72 Å². The zero-order chi connectivity index (χ0) is 11.5. The van der Waals surface area contributed by atoms with E-state index in [1.807, 2.05) is 0 Å². The fourth-order valence-corrected chi connectivity index (χ4v) is 3.10. The molecule has 1 amide bonds. The van der Waals surface area contributed by atoms with E-state index in [0.29, 0.717) is 12.8 Å². The van der Waals surface area contributed by atoms with Gasteiger partial charge in [-0.3, -0.25) is 4.79 Å². The van der Waals surface area contributed by atoms with E-state index in [1.165, 1.54) is 0 Å². The molecule has 6 heteroatoms. The second-order valence-corrected chi connectivity index (χ2v) is 5.98. The van der Waals surface area contributed by atoms with Crippen LogP contribution in [0.3, 0.4) is 0 Å². The standard InChI is InChI=1S/C9H18N2O3S/c1-15(13,14)11-9(8(10)12)6-4-2-3-5-7-9/h11H,2-7H2,1H3,(H2,10,12). The summed E-state index contributed by atoms with van der Waals surface area (Å²) in [5.74, 6) is -0.560. The lowest BCUT2D eigenvalue weighted by Crippen LogP contribution is -2.56. The minimum Gasteiger partial charge on any atom is -0.368 e.